The Bertz CT molecular complexity index is 992. The molecular formula is C18H11ClF3N5O2. The maximum absolute atomic E-state index is 12.6. The zero-order valence-electron chi connectivity index (χ0n) is 14.5. The van der Waals surface area contributed by atoms with Crippen LogP contribution in [0.3, 0.4) is 0 Å². The Morgan fingerprint density at radius 1 is 1.24 bits per heavy atom. The van der Waals surface area contributed by atoms with E-state index in [1.165, 1.54) is 12.1 Å². The molecule has 0 saturated heterocycles. The number of hydrogen-bond donors (Lipinski definition) is 1. The third kappa shape index (κ3) is 6.19. The molecule has 1 aromatic heterocycles. The smallest absolute Gasteiger partial charge is 0.389 e. The molecule has 1 heterocycles. The zero-order valence-corrected chi connectivity index (χ0v) is 15.3. The summed E-state index contributed by atoms with van der Waals surface area (Å²) in [6, 6.07) is 9.98. The molecule has 148 valence electrons. The number of nitrogens with one attached hydrogen (secondary N) is 1. The van der Waals surface area contributed by atoms with E-state index in [-0.39, 0.29) is 29.4 Å². The largest absolute Gasteiger partial charge is 0.417 e. The Kier molecular flexibility index (Phi) is 7.12. The number of aromatic nitrogens is 1. The summed E-state index contributed by atoms with van der Waals surface area (Å²) < 4.78 is 37.8. The Balaban J connectivity index is 1.94. The van der Waals surface area contributed by atoms with E-state index in [1.54, 1.807) is 24.3 Å². The SMILES string of the molecule is N#CC(C#N)=NOCc1ccc(C(=O)NCc2ncc(C(F)(F)F)cc2Cl)cc1. The number of rotatable bonds is 6. The summed E-state index contributed by atoms with van der Waals surface area (Å²) in [6.45, 7) is -0.166. The molecular weight excluding hydrogens is 411 g/mol. The van der Waals surface area contributed by atoms with Crippen LogP contribution in [-0.4, -0.2) is 16.6 Å². The quantitative estimate of drug-likeness (QED) is 0.565. The van der Waals surface area contributed by atoms with Crippen molar-refractivity contribution < 1.29 is 22.8 Å². The fraction of sp³-hybridized carbons (Fsp3) is 0.167. The first-order valence-corrected chi connectivity index (χ1v) is 8.21. The van der Waals surface area contributed by atoms with Gasteiger partial charge in [-0.25, -0.2) is 0 Å². The van der Waals surface area contributed by atoms with Crippen molar-refractivity contribution in [3.05, 3.63) is 63.9 Å². The van der Waals surface area contributed by atoms with Gasteiger partial charge in [-0.2, -0.15) is 23.7 Å². The van der Waals surface area contributed by atoms with Crippen LogP contribution >= 0.6 is 11.6 Å². The standard InChI is InChI=1S/C18H11ClF3N5O2/c19-15-5-13(18(20,21)22)8-25-16(15)9-26-17(28)12-3-1-11(2-4-12)10-29-27-14(6-23)7-24/h1-5,8H,9-10H2,(H,26,28). The topological polar surface area (TPSA) is 111 Å². The lowest BCUT2D eigenvalue weighted by atomic mass is 10.1. The number of oxime groups is 1. The molecule has 0 aliphatic heterocycles. The summed E-state index contributed by atoms with van der Waals surface area (Å²) in [5.74, 6) is -0.482. The molecule has 2 rings (SSSR count). The minimum absolute atomic E-state index is 0.0140. The number of benzene rings is 1. The number of nitriles is 2. The first-order chi connectivity index (χ1) is 13.7. The van der Waals surface area contributed by atoms with E-state index in [4.69, 9.17) is 27.0 Å². The lowest BCUT2D eigenvalue weighted by Gasteiger charge is -2.10. The molecule has 11 heteroatoms. The molecule has 0 spiro atoms. The third-order valence-corrected chi connectivity index (χ3v) is 3.80. The average molecular weight is 422 g/mol. The maximum atomic E-state index is 12.6. The van der Waals surface area contributed by atoms with Crippen LogP contribution in [0.25, 0.3) is 0 Å². The molecule has 0 fully saturated rings. The zero-order chi connectivity index (χ0) is 21.4. The van der Waals surface area contributed by atoms with Gasteiger partial charge in [-0.3, -0.25) is 9.78 Å². The summed E-state index contributed by atoms with van der Waals surface area (Å²) in [7, 11) is 0. The number of carbonyl (C=O) groups excluding carboxylic acids is 1. The highest BCUT2D eigenvalue weighted by atomic mass is 35.5. The number of hydrogen-bond acceptors (Lipinski definition) is 6. The van der Waals surface area contributed by atoms with Crippen molar-refractivity contribution in [1.82, 2.24) is 10.3 Å². The van der Waals surface area contributed by atoms with Crippen molar-refractivity contribution >= 4 is 23.2 Å². The molecule has 0 saturated carbocycles. The van der Waals surface area contributed by atoms with Crippen molar-refractivity contribution in [2.45, 2.75) is 19.3 Å². The van der Waals surface area contributed by atoms with Gasteiger partial charge in [0.15, 0.2) is 0 Å². The van der Waals surface area contributed by atoms with Crippen molar-refractivity contribution in [1.29, 1.82) is 10.5 Å². The van der Waals surface area contributed by atoms with E-state index in [1.807, 2.05) is 0 Å². The number of pyridine rings is 1. The third-order valence-electron chi connectivity index (χ3n) is 3.48. The molecule has 1 aromatic carbocycles. The predicted molar refractivity (Wildman–Crippen MR) is 95.3 cm³/mol. The van der Waals surface area contributed by atoms with Crippen molar-refractivity contribution in [3.63, 3.8) is 0 Å². The fourth-order valence-electron chi connectivity index (χ4n) is 2.01. The van der Waals surface area contributed by atoms with E-state index >= 15 is 0 Å². The second kappa shape index (κ2) is 9.53. The highest BCUT2D eigenvalue weighted by molar-refractivity contribution is 6.31. The lowest BCUT2D eigenvalue weighted by molar-refractivity contribution is -0.137. The summed E-state index contributed by atoms with van der Waals surface area (Å²) in [6.07, 6.45) is -3.91. The molecule has 1 N–H and O–H groups in total. The summed E-state index contributed by atoms with van der Waals surface area (Å²) >= 11 is 5.80. The molecule has 7 nitrogen and oxygen atoms in total. The number of halogens is 4. The van der Waals surface area contributed by atoms with Gasteiger partial charge in [0.2, 0.25) is 0 Å². The molecule has 0 aliphatic carbocycles. The van der Waals surface area contributed by atoms with Crippen LogP contribution in [0.5, 0.6) is 0 Å². The molecule has 1 amide bonds. The molecule has 0 atom stereocenters. The van der Waals surface area contributed by atoms with E-state index in [9.17, 15) is 18.0 Å². The molecule has 0 radical (unpaired) electrons. The first kappa shape index (κ1) is 21.7. The Morgan fingerprint density at radius 3 is 2.45 bits per heavy atom. The van der Waals surface area contributed by atoms with Crippen LogP contribution in [0, 0.1) is 22.7 Å². The van der Waals surface area contributed by atoms with Crippen molar-refractivity contribution in [3.8, 4) is 12.1 Å². The fourth-order valence-corrected chi connectivity index (χ4v) is 2.24. The van der Waals surface area contributed by atoms with Gasteiger partial charge in [0.1, 0.15) is 18.7 Å². The Labute approximate surface area is 168 Å². The van der Waals surface area contributed by atoms with Crippen molar-refractivity contribution in [2.75, 3.05) is 0 Å². The highest BCUT2D eigenvalue weighted by Crippen LogP contribution is 2.31. The molecule has 29 heavy (non-hydrogen) atoms. The maximum Gasteiger partial charge on any atom is 0.417 e. The van der Waals surface area contributed by atoms with Crippen LogP contribution < -0.4 is 5.32 Å². The Morgan fingerprint density at radius 2 is 1.90 bits per heavy atom. The van der Waals surface area contributed by atoms with Gasteiger partial charge in [0.05, 0.1) is 22.8 Å². The van der Waals surface area contributed by atoms with Crippen LogP contribution in [0.1, 0.15) is 27.2 Å². The van der Waals surface area contributed by atoms with Gasteiger partial charge in [-0.15, -0.1) is 0 Å². The molecule has 2 aromatic rings. The van der Waals surface area contributed by atoms with Gasteiger partial charge in [-0.1, -0.05) is 28.9 Å². The predicted octanol–water partition coefficient (Wildman–Crippen LogP) is 3.60. The van der Waals surface area contributed by atoms with Gasteiger partial charge in [-0.05, 0) is 23.8 Å². The van der Waals surface area contributed by atoms with Crippen molar-refractivity contribution in [2.24, 2.45) is 5.16 Å². The monoisotopic (exact) mass is 421 g/mol. The van der Waals surface area contributed by atoms with Gasteiger partial charge >= 0.3 is 6.18 Å². The number of carbonyl (C=O) groups is 1. The average Bonchev–Trinajstić information content (AvgIpc) is 2.70. The number of amides is 1. The van der Waals surface area contributed by atoms with Crippen LogP contribution in [0.4, 0.5) is 13.2 Å². The second-order valence-corrected chi connectivity index (χ2v) is 5.87. The minimum atomic E-state index is -4.56. The van der Waals surface area contributed by atoms with Crippen LogP contribution in [0.2, 0.25) is 5.02 Å². The summed E-state index contributed by atoms with van der Waals surface area (Å²) in [5.41, 5.74) is -0.377. The molecule has 0 aliphatic rings. The van der Waals surface area contributed by atoms with Gasteiger partial charge in [0.25, 0.3) is 11.6 Å². The first-order valence-electron chi connectivity index (χ1n) is 7.83. The van der Waals surface area contributed by atoms with Gasteiger partial charge in [0, 0.05) is 11.8 Å². The molecule has 0 bridgehead atoms. The van der Waals surface area contributed by atoms with E-state index in [0.717, 1.165) is 6.07 Å². The number of alkyl halides is 3. The highest BCUT2D eigenvalue weighted by Gasteiger charge is 2.31. The van der Waals surface area contributed by atoms with E-state index in [0.29, 0.717) is 11.8 Å². The van der Waals surface area contributed by atoms with E-state index < -0.39 is 23.4 Å². The van der Waals surface area contributed by atoms with E-state index in [2.05, 4.69) is 15.5 Å². The number of nitrogens with zero attached hydrogens (tertiary/aromatic N) is 4. The summed E-state index contributed by atoms with van der Waals surface area (Å²) in [5, 5.41) is 22.7. The molecule has 0 unspecified atom stereocenters. The normalized spacial score (nSPS) is 10.4. The Hall–Kier alpha value is -3.63. The van der Waals surface area contributed by atoms with Gasteiger partial charge < -0.3 is 10.2 Å². The minimum Gasteiger partial charge on any atom is -0.389 e. The van der Waals surface area contributed by atoms with Crippen LogP contribution in [0.15, 0.2) is 41.7 Å². The lowest BCUT2D eigenvalue weighted by Crippen LogP contribution is -2.23. The second-order valence-electron chi connectivity index (χ2n) is 5.47. The summed E-state index contributed by atoms with van der Waals surface area (Å²) in [4.78, 5) is 20.7. The van der Waals surface area contributed by atoms with Crippen LogP contribution in [-0.2, 0) is 24.2 Å².